The zero-order valence-corrected chi connectivity index (χ0v) is 12.6. The van der Waals surface area contributed by atoms with Crippen molar-refractivity contribution in [2.45, 2.75) is 40.0 Å². The standard InChI is InChI=1S/C16H22N4/c1-5-12-7-6-8-13(9-12)18-16-11(4)14(17)19-15(20-16)10(2)3/h6-10H,5H2,1-4H3,(H3,17,18,19,20). The normalized spacial score (nSPS) is 10.8. The lowest BCUT2D eigenvalue weighted by atomic mass is 10.1. The number of aryl methyl sites for hydroxylation is 1. The lowest BCUT2D eigenvalue weighted by Gasteiger charge is -2.14. The van der Waals surface area contributed by atoms with Crippen LogP contribution < -0.4 is 11.1 Å². The minimum absolute atomic E-state index is 0.250. The molecule has 0 radical (unpaired) electrons. The third-order valence-electron chi connectivity index (χ3n) is 3.32. The van der Waals surface area contributed by atoms with Gasteiger partial charge in [-0.1, -0.05) is 32.9 Å². The maximum absolute atomic E-state index is 5.98. The van der Waals surface area contributed by atoms with Crippen LogP contribution in [0.2, 0.25) is 0 Å². The zero-order chi connectivity index (χ0) is 14.7. The summed E-state index contributed by atoms with van der Waals surface area (Å²) in [6, 6.07) is 8.33. The Morgan fingerprint density at radius 2 is 2.00 bits per heavy atom. The third kappa shape index (κ3) is 3.07. The van der Waals surface area contributed by atoms with E-state index in [2.05, 4.69) is 48.2 Å². The summed E-state index contributed by atoms with van der Waals surface area (Å²) >= 11 is 0. The lowest BCUT2D eigenvalue weighted by molar-refractivity contribution is 0.776. The molecular weight excluding hydrogens is 248 g/mol. The van der Waals surface area contributed by atoms with Crippen LogP contribution in [0.4, 0.5) is 17.3 Å². The van der Waals surface area contributed by atoms with E-state index in [0.717, 1.165) is 29.3 Å². The number of hydrogen-bond donors (Lipinski definition) is 2. The van der Waals surface area contributed by atoms with Crippen LogP contribution in [0.5, 0.6) is 0 Å². The second kappa shape index (κ2) is 5.90. The topological polar surface area (TPSA) is 63.8 Å². The van der Waals surface area contributed by atoms with E-state index in [1.54, 1.807) is 0 Å². The fourth-order valence-electron chi connectivity index (χ4n) is 1.94. The summed E-state index contributed by atoms with van der Waals surface area (Å²) in [4.78, 5) is 8.92. The molecule has 0 saturated heterocycles. The van der Waals surface area contributed by atoms with E-state index in [-0.39, 0.29) is 5.92 Å². The first-order valence-corrected chi connectivity index (χ1v) is 7.01. The molecule has 4 heteroatoms. The van der Waals surface area contributed by atoms with E-state index in [1.165, 1.54) is 5.56 Å². The Morgan fingerprint density at radius 1 is 1.25 bits per heavy atom. The van der Waals surface area contributed by atoms with Gasteiger partial charge in [0, 0.05) is 17.2 Å². The summed E-state index contributed by atoms with van der Waals surface area (Å²) in [5.74, 6) is 2.34. The van der Waals surface area contributed by atoms with Gasteiger partial charge in [0.1, 0.15) is 17.5 Å². The molecule has 0 spiro atoms. The van der Waals surface area contributed by atoms with Crippen LogP contribution >= 0.6 is 0 Å². The van der Waals surface area contributed by atoms with Crippen LogP contribution in [-0.2, 0) is 6.42 Å². The first-order valence-electron chi connectivity index (χ1n) is 7.01. The first kappa shape index (κ1) is 14.3. The number of anilines is 3. The van der Waals surface area contributed by atoms with E-state index < -0.39 is 0 Å². The average molecular weight is 270 g/mol. The molecule has 0 fully saturated rings. The smallest absolute Gasteiger partial charge is 0.139 e. The van der Waals surface area contributed by atoms with Gasteiger partial charge in [-0.25, -0.2) is 9.97 Å². The Bertz CT molecular complexity index is 605. The van der Waals surface area contributed by atoms with Crippen LogP contribution in [0.3, 0.4) is 0 Å². The molecule has 106 valence electrons. The summed E-state index contributed by atoms with van der Waals surface area (Å²) in [5, 5.41) is 3.35. The fourth-order valence-corrected chi connectivity index (χ4v) is 1.94. The molecule has 2 rings (SSSR count). The second-order valence-electron chi connectivity index (χ2n) is 5.27. The summed E-state index contributed by atoms with van der Waals surface area (Å²) < 4.78 is 0. The molecule has 0 aliphatic rings. The minimum Gasteiger partial charge on any atom is -0.383 e. The highest BCUT2D eigenvalue weighted by Crippen LogP contribution is 2.24. The highest BCUT2D eigenvalue weighted by Gasteiger charge is 2.11. The Morgan fingerprint density at radius 3 is 2.65 bits per heavy atom. The number of nitrogens with two attached hydrogens (primary N) is 1. The molecule has 4 nitrogen and oxygen atoms in total. The molecule has 3 N–H and O–H groups in total. The molecule has 0 aliphatic carbocycles. The van der Waals surface area contributed by atoms with Gasteiger partial charge < -0.3 is 11.1 Å². The van der Waals surface area contributed by atoms with Crippen molar-refractivity contribution in [3.05, 3.63) is 41.2 Å². The Labute approximate surface area is 120 Å². The van der Waals surface area contributed by atoms with Crippen molar-refractivity contribution in [1.29, 1.82) is 0 Å². The zero-order valence-electron chi connectivity index (χ0n) is 12.6. The van der Waals surface area contributed by atoms with Gasteiger partial charge >= 0.3 is 0 Å². The molecule has 0 saturated carbocycles. The van der Waals surface area contributed by atoms with Crippen molar-refractivity contribution in [2.24, 2.45) is 0 Å². The molecular formula is C16H22N4. The highest BCUT2D eigenvalue weighted by molar-refractivity contribution is 5.64. The molecule has 1 aromatic carbocycles. The number of hydrogen-bond acceptors (Lipinski definition) is 4. The van der Waals surface area contributed by atoms with Crippen molar-refractivity contribution in [2.75, 3.05) is 11.1 Å². The van der Waals surface area contributed by atoms with Gasteiger partial charge in [-0.2, -0.15) is 0 Å². The number of aromatic nitrogens is 2. The minimum atomic E-state index is 0.250. The van der Waals surface area contributed by atoms with Crippen molar-refractivity contribution < 1.29 is 0 Å². The fraction of sp³-hybridized carbons (Fsp3) is 0.375. The van der Waals surface area contributed by atoms with Crippen LogP contribution in [-0.4, -0.2) is 9.97 Å². The van der Waals surface area contributed by atoms with Gasteiger partial charge in [0.05, 0.1) is 0 Å². The quantitative estimate of drug-likeness (QED) is 0.887. The third-order valence-corrected chi connectivity index (χ3v) is 3.32. The van der Waals surface area contributed by atoms with Gasteiger partial charge in [-0.05, 0) is 31.0 Å². The summed E-state index contributed by atoms with van der Waals surface area (Å²) in [5.41, 5.74) is 9.18. The largest absolute Gasteiger partial charge is 0.383 e. The van der Waals surface area contributed by atoms with Crippen molar-refractivity contribution >= 4 is 17.3 Å². The predicted octanol–water partition coefficient (Wildman–Crippen LogP) is 3.80. The van der Waals surface area contributed by atoms with Gasteiger partial charge in [0.2, 0.25) is 0 Å². The molecule has 0 unspecified atom stereocenters. The van der Waals surface area contributed by atoms with E-state index in [4.69, 9.17) is 5.73 Å². The van der Waals surface area contributed by atoms with E-state index in [9.17, 15) is 0 Å². The summed E-state index contributed by atoms with van der Waals surface area (Å²) in [6.07, 6.45) is 1.01. The van der Waals surface area contributed by atoms with Crippen molar-refractivity contribution in [3.8, 4) is 0 Å². The van der Waals surface area contributed by atoms with Gasteiger partial charge in [-0.3, -0.25) is 0 Å². The SMILES string of the molecule is CCc1cccc(Nc2nc(C(C)C)nc(N)c2C)c1. The Hall–Kier alpha value is -2.10. The average Bonchev–Trinajstić information content (AvgIpc) is 2.43. The van der Waals surface area contributed by atoms with E-state index in [0.29, 0.717) is 5.82 Å². The summed E-state index contributed by atoms with van der Waals surface area (Å²) in [7, 11) is 0. The van der Waals surface area contributed by atoms with Gasteiger partial charge in [0.15, 0.2) is 0 Å². The van der Waals surface area contributed by atoms with Gasteiger partial charge in [0.25, 0.3) is 0 Å². The molecule has 2 aromatic rings. The molecule has 1 aromatic heterocycles. The molecule has 0 bridgehead atoms. The Balaban J connectivity index is 2.37. The second-order valence-corrected chi connectivity index (χ2v) is 5.27. The number of nitrogen functional groups attached to an aromatic ring is 1. The van der Waals surface area contributed by atoms with E-state index in [1.807, 2.05) is 19.1 Å². The van der Waals surface area contributed by atoms with Crippen molar-refractivity contribution in [1.82, 2.24) is 9.97 Å². The van der Waals surface area contributed by atoms with Crippen LogP contribution in [0, 0.1) is 6.92 Å². The molecule has 0 atom stereocenters. The van der Waals surface area contributed by atoms with Crippen LogP contribution in [0.25, 0.3) is 0 Å². The van der Waals surface area contributed by atoms with Crippen LogP contribution in [0.1, 0.15) is 43.6 Å². The highest BCUT2D eigenvalue weighted by atomic mass is 15.1. The maximum Gasteiger partial charge on any atom is 0.139 e. The van der Waals surface area contributed by atoms with Gasteiger partial charge in [-0.15, -0.1) is 0 Å². The Kier molecular flexibility index (Phi) is 4.23. The number of nitrogens with zero attached hydrogens (tertiary/aromatic N) is 2. The monoisotopic (exact) mass is 270 g/mol. The number of benzene rings is 1. The van der Waals surface area contributed by atoms with Crippen molar-refractivity contribution in [3.63, 3.8) is 0 Å². The molecule has 1 heterocycles. The molecule has 0 amide bonds. The first-order chi connectivity index (χ1) is 9.51. The van der Waals surface area contributed by atoms with E-state index >= 15 is 0 Å². The lowest BCUT2D eigenvalue weighted by Crippen LogP contribution is -2.08. The summed E-state index contributed by atoms with van der Waals surface area (Å²) in [6.45, 7) is 8.20. The maximum atomic E-state index is 5.98. The molecule has 0 aliphatic heterocycles. The molecule has 20 heavy (non-hydrogen) atoms. The van der Waals surface area contributed by atoms with Crippen LogP contribution in [0.15, 0.2) is 24.3 Å². The predicted molar refractivity (Wildman–Crippen MR) is 84.4 cm³/mol. The number of nitrogens with one attached hydrogen (secondary N) is 1. The number of rotatable bonds is 4.